The molecule has 0 aliphatic carbocycles. The Hall–Kier alpha value is -0.730. The summed E-state index contributed by atoms with van der Waals surface area (Å²) in [5.41, 5.74) is 0.878. The van der Waals surface area contributed by atoms with Crippen molar-refractivity contribution in [3.8, 4) is 0 Å². The Balaban J connectivity index is 2.89. The molecule has 82 valence electrons. The van der Waals surface area contributed by atoms with Crippen LogP contribution in [0, 0.1) is 3.57 Å². The van der Waals surface area contributed by atoms with Crippen molar-refractivity contribution in [2.75, 3.05) is 14.2 Å². The van der Waals surface area contributed by atoms with Gasteiger partial charge in [0.25, 0.3) is 0 Å². The minimum atomic E-state index is -0.466. The highest BCUT2D eigenvalue weighted by atomic mass is 127. The molecular formula is C9H10INO4. The lowest BCUT2D eigenvalue weighted by molar-refractivity contribution is -0.282. The number of hydrogen-bond donors (Lipinski definition) is 0. The van der Waals surface area contributed by atoms with Crippen LogP contribution >= 0.6 is 22.6 Å². The van der Waals surface area contributed by atoms with Gasteiger partial charge < -0.3 is 4.74 Å². The molecule has 0 atom stereocenters. The van der Waals surface area contributed by atoms with Gasteiger partial charge in [0.05, 0.1) is 19.9 Å². The van der Waals surface area contributed by atoms with Gasteiger partial charge in [-0.05, 0) is 34.7 Å². The molecule has 0 spiro atoms. The van der Waals surface area contributed by atoms with Crippen molar-refractivity contribution in [2.45, 2.75) is 6.61 Å². The molecule has 1 heterocycles. The highest BCUT2D eigenvalue weighted by Gasteiger charge is 2.09. The van der Waals surface area contributed by atoms with Gasteiger partial charge in [0, 0.05) is 3.57 Å². The van der Waals surface area contributed by atoms with Gasteiger partial charge in [-0.25, -0.2) is 19.6 Å². The third kappa shape index (κ3) is 3.73. The highest BCUT2D eigenvalue weighted by molar-refractivity contribution is 14.1. The van der Waals surface area contributed by atoms with E-state index in [2.05, 4.69) is 37.2 Å². The van der Waals surface area contributed by atoms with Gasteiger partial charge in [0.2, 0.25) is 0 Å². The number of carbonyl (C=O) groups is 1. The zero-order valence-corrected chi connectivity index (χ0v) is 10.5. The molecule has 0 aromatic carbocycles. The number of halogens is 1. The van der Waals surface area contributed by atoms with E-state index >= 15 is 0 Å². The number of methoxy groups -OCH3 is 1. The molecule has 0 saturated carbocycles. The monoisotopic (exact) mass is 323 g/mol. The molecule has 0 saturated heterocycles. The lowest BCUT2D eigenvalue weighted by Gasteiger charge is -2.04. The molecule has 0 unspecified atom stereocenters. The fourth-order valence-electron chi connectivity index (χ4n) is 0.953. The predicted octanol–water partition coefficient (Wildman–Crippen LogP) is 1.55. The molecule has 15 heavy (non-hydrogen) atoms. The first-order valence-electron chi connectivity index (χ1n) is 4.07. The molecule has 1 aromatic heterocycles. The van der Waals surface area contributed by atoms with Crippen LogP contribution < -0.4 is 0 Å². The van der Waals surface area contributed by atoms with Crippen LogP contribution in [0.2, 0.25) is 0 Å². The number of aromatic nitrogens is 1. The number of carbonyl (C=O) groups excluding carboxylic acids is 1. The van der Waals surface area contributed by atoms with E-state index in [1.165, 1.54) is 14.2 Å². The van der Waals surface area contributed by atoms with E-state index in [0.717, 1.165) is 3.57 Å². The Kier molecular flexibility index (Phi) is 4.92. The first kappa shape index (κ1) is 12.3. The largest absolute Gasteiger partial charge is 0.464 e. The van der Waals surface area contributed by atoms with Crippen molar-refractivity contribution in [1.82, 2.24) is 4.98 Å². The Morgan fingerprint density at radius 1 is 1.47 bits per heavy atom. The van der Waals surface area contributed by atoms with Crippen LogP contribution in [0.3, 0.4) is 0 Å². The molecule has 0 aliphatic heterocycles. The Morgan fingerprint density at radius 2 is 2.20 bits per heavy atom. The van der Waals surface area contributed by atoms with E-state index in [4.69, 9.17) is 4.89 Å². The third-order valence-corrected chi connectivity index (χ3v) is 2.19. The summed E-state index contributed by atoms with van der Waals surface area (Å²) in [6, 6.07) is 3.44. The fraction of sp³-hybridized carbons (Fsp3) is 0.333. The van der Waals surface area contributed by atoms with Crippen LogP contribution in [0.25, 0.3) is 0 Å². The quantitative estimate of drug-likeness (QED) is 0.364. The van der Waals surface area contributed by atoms with Gasteiger partial charge in [0.1, 0.15) is 12.3 Å². The lowest BCUT2D eigenvalue weighted by atomic mass is 10.3. The van der Waals surface area contributed by atoms with Gasteiger partial charge in [-0.1, -0.05) is 0 Å². The molecule has 6 heteroatoms. The van der Waals surface area contributed by atoms with Gasteiger partial charge in [-0.15, -0.1) is 0 Å². The maximum atomic E-state index is 11.2. The highest BCUT2D eigenvalue weighted by Crippen LogP contribution is 2.10. The molecule has 0 fully saturated rings. The van der Waals surface area contributed by atoms with Crippen molar-refractivity contribution in [1.29, 1.82) is 0 Å². The van der Waals surface area contributed by atoms with Crippen molar-refractivity contribution >= 4 is 28.6 Å². The summed E-state index contributed by atoms with van der Waals surface area (Å²) < 4.78 is 5.46. The Morgan fingerprint density at radius 3 is 2.80 bits per heavy atom. The summed E-state index contributed by atoms with van der Waals surface area (Å²) >= 11 is 2.09. The normalized spacial score (nSPS) is 10.1. The predicted molar refractivity (Wildman–Crippen MR) is 60.1 cm³/mol. The average molecular weight is 323 g/mol. The number of esters is 1. The molecule has 5 nitrogen and oxygen atoms in total. The van der Waals surface area contributed by atoms with Crippen LogP contribution in [0.1, 0.15) is 16.2 Å². The molecule has 1 aromatic rings. The Bertz CT molecular complexity index is 356. The number of nitrogens with zero attached hydrogens (tertiary/aromatic N) is 1. The Labute approximate surface area is 101 Å². The van der Waals surface area contributed by atoms with Crippen molar-refractivity contribution in [3.05, 3.63) is 27.1 Å². The van der Waals surface area contributed by atoms with Crippen LogP contribution in [0.15, 0.2) is 12.1 Å². The average Bonchev–Trinajstić information content (AvgIpc) is 2.24. The zero-order valence-electron chi connectivity index (χ0n) is 8.32. The van der Waals surface area contributed by atoms with Gasteiger partial charge in [0.15, 0.2) is 0 Å². The first-order chi connectivity index (χ1) is 7.17. The molecule has 1 rings (SSSR count). The molecule has 0 bridgehead atoms. The first-order valence-corrected chi connectivity index (χ1v) is 5.15. The fourth-order valence-corrected chi connectivity index (χ4v) is 1.61. The maximum absolute atomic E-state index is 11.2. The minimum absolute atomic E-state index is 0.192. The van der Waals surface area contributed by atoms with E-state index in [1.807, 2.05) is 0 Å². The van der Waals surface area contributed by atoms with E-state index in [9.17, 15) is 4.79 Å². The topological polar surface area (TPSA) is 57.7 Å². The van der Waals surface area contributed by atoms with Gasteiger partial charge in [-0.2, -0.15) is 0 Å². The molecule has 0 N–H and O–H groups in total. The summed E-state index contributed by atoms with van der Waals surface area (Å²) in [6.07, 6.45) is 0. The molecule has 0 aliphatic rings. The standard InChI is InChI=1S/C9H10INO4/c1-13-9(12)8-4-6(10)3-7(11-8)5-15-14-2/h3-4H,5H2,1-2H3. The molecule has 0 amide bonds. The maximum Gasteiger partial charge on any atom is 0.356 e. The van der Waals surface area contributed by atoms with Crippen molar-refractivity contribution in [3.63, 3.8) is 0 Å². The summed E-state index contributed by atoms with van der Waals surface area (Å²) in [7, 11) is 2.73. The number of hydrogen-bond acceptors (Lipinski definition) is 5. The van der Waals surface area contributed by atoms with E-state index in [-0.39, 0.29) is 12.3 Å². The number of ether oxygens (including phenoxy) is 1. The lowest BCUT2D eigenvalue weighted by Crippen LogP contribution is -2.07. The summed E-state index contributed by atoms with van der Waals surface area (Å²) in [4.78, 5) is 24.5. The second-order valence-corrected chi connectivity index (χ2v) is 3.83. The number of rotatable bonds is 4. The summed E-state index contributed by atoms with van der Waals surface area (Å²) in [5.74, 6) is -0.466. The second kappa shape index (κ2) is 5.99. The van der Waals surface area contributed by atoms with Crippen molar-refractivity contribution < 1.29 is 19.3 Å². The molecular weight excluding hydrogens is 313 g/mol. The summed E-state index contributed by atoms with van der Waals surface area (Å²) in [5, 5.41) is 0. The van der Waals surface area contributed by atoms with Crippen LogP contribution in [-0.2, 0) is 21.1 Å². The van der Waals surface area contributed by atoms with Crippen LogP contribution in [-0.4, -0.2) is 25.2 Å². The van der Waals surface area contributed by atoms with E-state index in [1.54, 1.807) is 12.1 Å². The van der Waals surface area contributed by atoms with E-state index in [0.29, 0.717) is 5.69 Å². The van der Waals surface area contributed by atoms with Crippen molar-refractivity contribution in [2.24, 2.45) is 0 Å². The smallest absolute Gasteiger partial charge is 0.356 e. The molecule has 0 radical (unpaired) electrons. The number of pyridine rings is 1. The SMILES string of the molecule is COOCc1cc(I)cc(C(=O)OC)n1. The van der Waals surface area contributed by atoms with Crippen LogP contribution in [0.5, 0.6) is 0 Å². The summed E-state index contributed by atoms with van der Waals surface area (Å²) in [6.45, 7) is 0.192. The third-order valence-electron chi connectivity index (χ3n) is 1.56. The minimum Gasteiger partial charge on any atom is -0.464 e. The second-order valence-electron chi connectivity index (χ2n) is 2.58. The van der Waals surface area contributed by atoms with Gasteiger partial charge >= 0.3 is 5.97 Å². The zero-order chi connectivity index (χ0) is 11.3. The van der Waals surface area contributed by atoms with E-state index < -0.39 is 5.97 Å². The van der Waals surface area contributed by atoms with Gasteiger partial charge in [-0.3, -0.25) is 0 Å². The van der Waals surface area contributed by atoms with Crippen LogP contribution in [0.4, 0.5) is 0 Å².